The van der Waals surface area contributed by atoms with E-state index in [0.717, 1.165) is 18.7 Å². The molecule has 1 saturated heterocycles. The highest BCUT2D eigenvalue weighted by atomic mass is 16.5. The van der Waals surface area contributed by atoms with E-state index in [2.05, 4.69) is 20.4 Å². The fourth-order valence-electron chi connectivity index (χ4n) is 2.06. The second-order valence-corrected chi connectivity index (χ2v) is 4.09. The summed E-state index contributed by atoms with van der Waals surface area (Å²) in [6, 6.07) is 4.35. The summed E-state index contributed by atoms with van der Waals surface area (Å²) in [6.07, 6.45) is 5.11. The van der Waals surface area contributed by atoms with Gasteiger partial charge in [0.25, 0.3) is 0 Å². The van der Waals surface area contributed by atoms with Crippen molar-refractivity contribution in [3.8, 4) is 11.5 Å². The minimum atomic E-state index is 0.497. The topological polar surface area (TPSA) is 66.7 Å². The zero-order valence-electron chi connectivity index (χ0n) is 8.94. The second kappa shape index (κ2) is 4.09. The Morgan fingerprint density at radius 2 is 2.50 bits per heavy atom. The van der Waals surface area contributed by atoms with Crippen molar-refractivity contribution >= 4 is 0 Å². The molecule has 1 aliphatic heterocycles. The van der Waals surface area contributed by atoms with Gasteiger partial charge in [-0.1, -0.05) is 5.16 Å². The molecule has 16 heavy (non-hydrogen) atoms. The first kappa shape index (κ1) is 9.59. The van der Waals surface area contributed by atoms with Crippen molar-refractivity contribution in [3.63, 3.8) is 0 Å². The predicted octanol–water partition coefficient (Wildman–Crippen LogP) is 1.36. The summed E-state index contributed by atoms with van der Waals surface area (Å²) in [5.74, 6) is 1.35. The van der Waals surface area contributed by atoms with Gasteiger partial charge in [-0.2, -0.15) is 4.98 Å². The third-order valence-electron chi connectivity index (χ3n) is 2.89. The highest BCUT2D eigenvalue weighted by Gasteiger charge is 2.18. The van der Waals surface area contributed by atoms with E-state index in [1.54, 1.807) is 0 Å². The maximum absolute atomic E-state index is 5.23. The number of rotatable bonds is 3. The monoisotopic (exact) mass is 218 g/mol. The van der Waals surface area contributed by atoms with Crippen LogP contribution in [0.1, 0.15) is 18.7 Å². The van der Waals surface area contributed by atoms with Gasteiger partial charge >= 0.3 is 0 Å². The standard InChI is InChI=1S/C11H14N4O/c1-3-8(12-5-1)7-10-14-11(15-16-10)9-4-2-6-13-9/h2,4,6,8,12-13H,1,3,5,7H2. The van der Waals surface area contributed by atoms with Crippen LogP contribution in [-0.2, 0) is 6.42 Å². The van der Waals surface area contributed by atoms with Crippen molar-refractivity contribution in [2.45, 2.75) is 25.3 Å². The average Bonchev–Trinajstić information content (AvgIpc) is 2.99. The highest BCUT2D eigenvalue weighted by molar-refractivity contribution is 5.47. The maximum Gasteiger partial charge on any atom is 0.228 e. The third-order valence-corrected chi connectivity index (χ3v) is 2.89. The zero-order chi connectivity index (χ0) is 10.8. The van der Waals surface area contributed by atoms with Crippen LogP contribution in [0.5, 0.6) is 0 Å². The van der Waals surface area contributed by atoms with Gasteiger partial charge in [-0.3, -0.25) is 0 Å². The Labute approximate surface area is 93.3 Å². The average molecular weight is 218 g/mol. The van der Waals surface area contributed by atoms with Crippen molar-refractivity contribution < 1.29 is 4.52 Å². The first-order chi connectivity index (χ1) is 7.92. The fourth-order valence-corrected chi connectivity index (χ4v) is 2.06. The van der Waals surface area contributed by atoms with Gasteiger partial charge in [-0.25, -0.2) is 0 Å². The van der Waals surface area contributed by atoms with Crippen molar-refractivity contribution in [3.05, 3.63) is 24.2 Å². The molecule has 1 aliphatic rings. The first-order valence-electron chi connectivity index (χ1n) is 5.61. The molecule has 0 aliphatic carbocycles. The Morgan fingerprint density at radius 3 is 3.25 bits per heavy atom. The molecule has 1 atom stereocenters. The Balaban J connectivity index is 1.72. The molecule has 0 radical (unpaired) electrons. The Morgan fingerprint density at radius 1 is 1.50 bits per heavy atom. The second-order valence-electron chi connectivity index (χ2n) is 4.09. The number of aromatic nitrogens is 3. The molecule has 0 saturated carbocycles. The van der Waals surface area contributed by atoms with Gasteiger partial charge in [-0.15, -0.1) is 0 Å². The van der Waals surface area contributed by atoms with E-state index in [4.69, 9.17) is 4.52 Å². The van der Waals surface area contributed by atoms with Gasteiger partial charge in [0.1, 0.15) is 0 Å². The van der Waals surface area contributed by atoms with Crippen LogP contribution in [0.4, 0.5) is 0 Å². The smallest absolute Gasteiger partial charge is 0.228 e. The van der Waals surface area contributed by atoms with E-state index in [1.807, 2.05) is 18.3 Å². The van der Waals surface area contributed by atoms with Gasteiger partial charge < -0.3 is 14.8 Å². The van der Waals surface area contributed by atoms with E-state index in [1.165, 1.54) is 12.8 Å². The summed E-state index contributed by atoms with van der Waals surface area (Å²) in [4.78, 5) is 7.43. The lowest BCUT2D eigenvalue weighted by Gasteiger charge is -2.04. The molecule has 0 spiro atoms. The van der Waals surface area contributed by atoms with E-state index >= 15 is 0 Å². The molecular weight excluding hydrogens is 204 g/mol. The Hall–Kier alpha value is -1.62. The SMILES string of the molecule is c1c[nH]c(-c2noc(CC3CCCN3)n2)c1. The van der Waals surface area contributed by atoms with Crippen LogP contribution >= 0.6 is 0 Å². The van der Waals surface area contributed by atoms with Gasteiger partial charge in [0.2, 0.25) is 11.7 Å². The number of H-pyrrole nitrogens is 1. The maximum atomic E-state index is 5.23. The third kappa shape index (κ3) is 1.86. The lowest BCUT2D eigenvalue weighted by Crippen LogP contribution is -2.23. The Bertz CT molecular complexity index is 442. The zero-order valence-corrected chi connectivity index (χ0v) is 8.94. The summed E-state index contributed by atoms with van der Waals surface area (Å²) in [7, 11) is 0. The number of hydrogen-bond acceptors (Lipinski definition) is 4. The minimum absolute atomic E-state index is 0.497. The van der Waals surface area contributed by atoms with Crippen LogP contribution in [-0.4, -0.2) is 27.7 Å². The van der Waals surface area contributed by atoms with Gasteiger partial charge in [0.05, 0.1) is 5.69 Å². The van der Waals surface area contributed by atoms with Crippen molar-refractivity contribution in [1.29, 1.82) is 0 Å². The summed E-state index contributed by atoms with van der Waals surface area (Å²) < 4.78 is 5.23. The number of aromatic amines is 1. The van der Waals surface area contributed by atoms with Crippen molar-refractivity contribution in [2.75, 3.05) is 6.54 Å². The molecule has 3 rings (SSSR count). The van der Waals surface area contributed by atoms with Gasteiger partial charge in [0.15, 0.2) is 0 Å². The molecule has 5 nitrogen and oxygen atoms in total. The summed E-state index contributed by atoms with van der Waals surface area (Å²) >= 11 is 0. The van der Waals surface area contributed by atoms with E-state index in [9.17, 15) is 0 Å². The molecule has 2 aromatic heterocycles. The van der Waals surface area contributed by atoms with E-state index in [0.29, 0.717) is 17.8 Å². The lowest BCUT2D eigenvalue weighted by molar-refractivity contribution is 0.364. The van der Waals surface area contributed by atoms with Crippen LogP contribution in [0, 0.1) is 0 Å². The van der Waals surface area contributed by atoms with Crippen LogP contribution in [0.3, 0.4) is 0 Å². The normalized spacial score (nSPS) is 20.4. The molecule has 3 heterocycles. The Kier molecular flexibility index (Phi) is 2.46. The van der Waals surface area contributed by atoms with Crippen LogP contribution in [0.2, 0.25) is 0 Å². The predicted molar refractivity (Wildman–Crippen MR) is 58.8 cm³/mol. The summed E-state index contributed by atoms with van der Waals surface area (Å²) in [6.45, 7) is 1.10. The minimum Gasteiger partial charge on any atom is -0.359 e. The van der Waals surface area contributed by atoms with Crippen LogP contribution in [0.25, 0.3) is 11.5 Å². The molecule has 0 aromatic carbocycles. The molecule has 5 heteroatoms. The first-order valence-corrected chi connectivity index (χ1v) is 5.61. The molecule has 0 bridgehead atoms. The molecule has 0 amide bonds. The molecule has 2 N–H and O–H groups in total. The summed E-state index contributed by atoms with van der Waals surface area (Å²) in [5.41, 5.74) is 0.898. The van der Waals surface area contributed by atoms with E-state index in [-0.39, 0.29) is 0 Å². The van der Waals surface area contributed by atoms with Crippen LogP contribution in [0.15, 0.2) is 22.9 Å². The molecule has 1 unspecified atom stereocenters. The number of hydrogen-bond donors (Lipinski definition) is 2. The summed E-state index contributed by atoms with van der Waals surface area (Å²) in [5, 5.41) is 7.37. The molecule has 2 aromatic rings. The highest BCUT2D eigenvalue weighted by Crippen LogP contribution is 2.15. The lowest BCUT2D eigenvalue weighted by atomic mass is 10.1. The molecule has 1 fully saturated rings. The van der Waals surface area contributed by atoms with Crippen LogP contribution < -0.4 is 5.32 Å². The largest absolute Gasteiger partial charge is 0.359 e. The van der Waals surface area contributed by atoms with Gasteiger partial charge in [-0.05, 0) is 31.5 Å². The quantitative estimate of drug-likeness (QED) is 0.816. The molecule has 84 valence electrons. The number of nitrogens with one attached hydrogen (secondary N) is 2. The fraction of sp³-hybridized carbons (Fsp3) is 0.455. The number of nitrogens with zero attached hydrogens (tertiary/aromatic N) is 2. The molecular formula is C11H14N4O. The van der Waals surface area contributed by atoms with Crippen molar-refractivity contribution in [2.24, 2.45) is 0 Å². The van der Waals surface area contributed by atoms with Crippen molar-refractivity contribution in [1.82, 2.24) is 20.4 Å². The van der Waals surface area contributed by atoms with Gasteiger partial charge in [0, 0.05) is 18.7 Å². The van der Waals surface area contributed by atoms with E-state index < -0.39 is 0 Å².